The smallest absolute Gasteiger partial charge is 0.334 e. The fourth-order valence-electron chi connectivity index (χ4n) is 2.50. The largest absolute Gasteiger partial charge is 0.458 e. The summed E-state index contributed by atoms with van der Waals surface area (Å²) in [6.07, 6.45) is 4.86. The van der Waals surface area contributed by atoms with Crippen molar-refractivity contribution in [2.24, 2.45) is 5.92 Å². The van der Waals surface area contributed by atoms with Crippen LogP contribution in [0, 0.1) is 5.92 Å². The molecule has 1 saturated carbocycles. The molecule has 2 aliphatic rings. The topological polar surface area (TPSA) is 26.3 Å². The van der Waals surface area contributed by atoms with Crippen LogP contribution < -0.4 is 0 Å². The molecule has 0 amide bonds. The zero-order valence-electron chi connectivity index (χ0n) is 8.30. The quantitative estimate of drug-likeness (QED) is 0.423. The molecule has 1 heterocycles. The monoisotopic (exact) mass is 180 g/mol. The number of allylic oxidation sites excluding steroid dienone is 1. The number of rotatable bonds is 0. The van der Waals surface area contributed by atoms with Crippen molar-refractivity contribution in [3.8, 4) is 0 Å². The van der Waals surface area contributed by atoms with Crippen LogP contribution in [0.5, 0.6) is 0 Å². The number of hydrogen-bond donors (Lipinski definition) is 0. The molecule has 1 aliphatic carbocycles. The van der Waals surface area contributed by atoms with Gasteiger partial charge in [0.25, 0.3) is 0 Å². The van der Waals surface area contributed by atoms with E-state index in [1.54, 1.807) is 0 Å². The summed E-state index contributed by atoms with van der Waals surface area (Å²) in [5, 5.41) is 0. The van der Waals surface area contributed by atoms with Crippen LogP contribution in [0.2, 0.25) is 0 Å². The standard InChI is InChI=1S/C11H16O2/c1-7(2)10-8-5-3-4-6-9(8)13-11(10)12/h8-9H,3-6H2,1-2H3/t8-,9+/m1/s1. The highest BCUT2D eigenvalue weighted by atomic mass is 16.6. The molecule has 2 nitrogen and oxygen atoms in total. The van der Waals surface area contributed by atoms with Crippen molar-refractivity contribution in [1.29, 1.82) is 0 Å². The number of carbonyl (C=O) groups excluding carboxylic acids is 1. The maximum absolute atomic E-state index is 11.5. The van der Waals surface area contributed by atoms with Gasteiger partial charge in [-0.3, -0.25) is 0 Å². The minimum atomic E-state index is -0.0584. The first-order valence-corrected chi connectivity index (χ1v) is 5.08. The maximum Gasteiger partial charge on any atom is 0.334 e. The molecule has 72 valence electrons. The van der Waals surface area contributed by atoms with E-state index in [0.29, 0.717) is 5.92 Å². The van der Waals surface area contributed by atoms with Gasteiger partial charge in [-0.2, -0.15) is 0 Å². The van der Waals surface area contributed by atoms with Crippen molar-refractivity contribution in [3.05, 3.63) is 11.1 Å². The van der Waals surface area contributed by atoms with Crippen LogP contribution >= 0.6 is 0 Å². The summed E-state index contributed by atoms with van der Waals surface area (Å²) < 4.78 is 5.34. The molecule has 2 heteroatoms. The Labute approximate surface area is 79.0 Å². The number of esters is 1. The fraction of sp³-hybridized carbons (Fsp3) is 0.727. The predicted octanol–water partition coefficient (Wildman–Crippen LogP) is 2.44. The van der Waals surface area contributed by atoms with Crippen LogP contribution in [0.15, 0.2) is 11.1 Å². The summed E-state index contributed by atoms with van der Waals surface area (Å²) >= 11 is 0. The number of ether oxygens (including phenoxy) is 1. The Kier molecular flexibility index (Phi) is 2.14. The lowest BCUT2D eigenvalue weighted by Crippen LogP contribution is -2.21. The second-order valence-corrected chi connectivity index (χ2v) is 4.25. The summed E-state index contributed by atoms with van der Waals surface area (Å²) in [6.45, 7) is 4.02. The van der Waals surface area contributed by atoms with Crippen molar-refractivity contribution in [3.63, 3.8) is 0 Å². The van der Waals surface area contributed by atoms with Gasteiger partial charge in [-0.05, 0) is 33.1 Å². The molecule has 0 N–H and O–H groups in total. The molecule has 2 rings (SSSR count). The summed E-state index contributed by atoms with van der Waals surface area (Å²) in [5.41, 5.74) is 2.10. The molecule has 0 aromatic heterocycles. The third-order valence-corrected chi connectivity index (χ3v) is 3.09. The summed E-state index contributed by atoms with van der Waals surface area (Å²) in [7, 11) is 0. The highest BCUT2D eigenvalue weighted by molar-refractivity contribution is 5.92. The normalized spacial score (nSPS) is 32.8. The van der Waals surface area contributed by atoms with E-state index >= 15 is 0 Å². The van der Waals surface area contributed by atoms with Gasteiger partial charge in [0.15, 0.2) is 0 Å². The third-order valence-electron chi connectivity index (χ3n) is 3.09. The molecule has 0 bridgehead atoms. The van der Waals surface area contributed by atoms with Crippen LogP contribution in [0.1, 0.15) is 39.5 Å². The lowest BCUT2D eigenvalue weighted by atomic mass is 9.82. The van der Waals surface area contributed by atoms with E-state index in [2.05, 4.69) is 0 Å². The molecule has 0 aromatic carbocycles. The van der Waals surface area contributed by atoms with Crippen molar-refractivity contribution in [1.82, 2.24) is 0 Å². The van der Waals surface area contributed by atoms with Gasteiger partial charge in [0.2, 0.25) is 0 Å². The highest BCUT2D eigenvalue weighted by Gasteiger charge is 2.41. The Morgan fingerprint density at radius 1 is 1.31 bits per heavy atom. The van der Waals surface area contributed by atoms with Crippen molar-refractivity contribution in [2.75, 3.05) is 0 Å². The summed E-state index contributed by atoms with van der Waals surface area (Å²) in [6, 6.07) is 0. The summed E-state index contributed by atoms with van der Waals surface area (Å²) in [5.74, 6) is 0.350. The number of carbonyl (C=O) groups is 1. The second-order valence-electron chi connectivity index (χ2n) is 4.25. The van der Waals surface area contributed by atoms with E-state index in [4.69, 9.17) is 4.74 Å². The van der Waals surface area contributed by atoms with Crippen molar-refractivity contribution < 1.29 is 9.53 Å². The van der Waals surface area contributed by atoms with Gasteiger partial charge < -0.3 is 4.74 Å². The Morgan fingerprint density at radius 3 is 2.69 bits per heavy atom. The SMILES string of the molecule is CC(C)=C1C(=O)O[C@H]2CCCC[C@@H]12. The van der Waals surface area contributed by atoms with E-state index in [0.717, 1.165) is 24.0 Å². The molecule has 1 aliphatic heterocycles. The van der Waals surface area contributed by atoms with Crippen LogP contribution in [0.25, 0.3) is 0 Å². The number of hydrogen-bond acceptors (Lipinski definition) is 2. The van der Waals surface area contributed by atoms with Gasteiger partial charge in [0.05, 0.1) is 0 Å². The Balaban J connectivity index is 2.29. The molecule has 13 heavy (non-hydrogen) atoms. The molecule has 2 atom stereocenters. The van der Waals surface area contributed by atoms with E-state index in [1.807, 2.05) is 13.8 Å². The molecule has 2 fully saturated rings. The van der Waals surface area contributed by atoms with Crippen LogP contribution in [0.3, 0.4) is 0 Å². The first-order valence-electron chi connectivity index (χ1n) is 5.08. The third kappa shape index (κ3) is 1.38. The van der Waals surface area contributed by atoms with Gasteiger partial charge in [0.1, 0.15) is 6.10 Å². The van der Waals surface area contributed by atoms with E-state index in [-0.39, 0.29) is 12.1 Å². The first-order chi connectivity index (χ1) is 6.20. The molecule has 0 aromatic rings. The number of fused-ring (bicyclic) bond motifs is 1. The molecule has 0 spiro atoms. The molecular weight excluding hydrogens is 164 g/mol. The van der Waals surface area contributed by atoms with E-state index in [1.165, 1.54) is 12.8 Å². The minimum Gasteiger partial charge on any atom is -0.458 e. The molecular formula is C11H16O2. The molecule has 1 saturated heterocycles. The minimum absolute atomic E-state index is 0.0584. The van der Waals surface area contributed by atoms with Gasteiger partial charge >= 0.3 is 5.97 Å². The maximum atomic E-state index is 11.5. The zero-order chi connectivity index (χ0) is 9.42. The Bertz CT molecular complexity index is 261. The van der Waals surface area contributed by atoms with Crippen molar-refractivity contribution in [2.45, 2.75) is 45.6 Å². The average Bonchev–Trinajstić information content (AvgIpc) is 2.39. The van der Waals surface area contributed by atoms with Gasteiger partial charge in [-0.25, -0.2) is 4.79 Å². The van der Waals surface area contributed by atoms with Gasteiger partial charge in [-0.15, -0.1) is 0 Å². The lowest BCUT2D eigenvalue weighted by Gasteiger charge is -2.22. The Hall–Kier alpha value is -0.790. The first kappa shape index (κ1) is 8.79. The fourth-order valence-corrected chi connectivity index (χ4v) is 2.50. The second kappa shape index (κ2) is 3.17. The van der Waals surface area contributed by atoms with Crippen LogP contribution in [-0.4, -0.2) is 12.1 Å². The average molecular weight is 180 g/mol. The van der Waals surface area contributed by atoms with Gasteiger partial charge in [-0.1, -0.05) is 12.0 Å². The van der Waals surface area contributed by atoms with Crippen LogP contribution in [-0.2, 0) is 9.53 Å². The van der Waals surface area contributed by atoms with E-state index < -0.39 is 0 Å². The Morgan fingerprint density at radius 2 is 2.00 bits per heavy atom. The van der Waals surface area contributed by atoms with E-state index in [9.17, 15) is 4.79 Å². The van der Waals surface area contributed by atoms with Crippen LogP contribution in [0.4, 0.5) is 0 Å². The highest BCUT2D eigenvalue weighted by Crippen LogP contribution is 2.39. The van der Waals surface area contributed by atoms with Crippen molar-refractivity contribution >= 4 is 5.97 Å². The zero-order valence-corrected chi connectivity index (χ0v) is 8.30. The predicted molar refractivity (Wildman–Crippen MR) is 50.2 cm³/mol. The molecule has 0 radical (unpaired) electrons. The molecule has 0 unspecified atom stereocenters. The summed E-state index contributed by atoms with van der Waals surface area (Å²) in [4.78, 5) is 11.5. The van der Waals surface area contributed by atoms with Gasteiger partial charge in [0, 0.05) is 11.5 Å². The lowest BCUT2D eigenvalue weighted by molar-refractivity contribution is -0.139.